The Morgan fingerprint density at radius 3 is 2.28 bits per heavy atom. The number of rotatable bonds is 3. The summed E-state index contributed by atoms with van der Waals surface area (Å²) in [5.41, 5.74) is -0.222. The highest BCUT2D eigenvalue weighted by atomic mass is 19.4. The van der Waals surface area contributed by atoms with Crippen LogP contribution in [0.25, 0.3) is 5.69 Å². The molecular weight excluding hydrogens is 428 g/mol. The average molecular weight is 444 g/mol. The quantitative estimate of drug-likeness (QED) is 0.459. The number of nitrogens with zero attached hydrogens (tertiary/aromatic N) is 6. The van der Waals surface area contributed by atoms with Crippen LogP contribution in [-0.4, -0.2) is 55.0 Å². The molecule has 11 heteroatoms. The summed E-state index contributed by atoms with van der Waals surface area (Å²) in [7, 11) is 0. The summed E-state index contributed by atoms with van der Waals surface area (Å²) < 4.78 is 52.5. The van der Waals surface area contributed by atoms with E-state index in [-0.39, 0.29) is 35.6 Å². The number of hydrogen-bond donors (Lipinski definition) is 0. The zero-order valence-electron chi connectivity index (χ0n) is 16.4. The van der Waals surface area contributed by atoms with Crippen LogP contribution in [0.4, 0.5) is 23.4 Å². The van der Waals surface area contributed by atoms with E-state index in [9.17, 15) is 22.4 Å². The Morgan fingerprint density at radius 1 is 1.00 bits per heavy atom. The van der Waals surface area contributed by atoms with Gasteiger partial charge in [0.15, 0.2) is 0 Å². The molecule has 3 aliphatic rings. The molecule has 5 heterocycles. The van der Waals surface area contributed by atoms with Gasteiger partial charge in [0, 0.05) is 6.20 Å². The van der Waals surface area contributed by atoms with Gasteiger partial charge in [-0.2, -0.15) is 28.2 Å². The van der Waals surface area contributed by atoms with Crippen molar-refractivity contribution < 1.29 is 22.4 Å². The molecule has 0 radical (unpaired) electrons. The van der Waals surface area contributed by atoms with Gasteiger partial charge in [-0.05, 0) is 43.2 Å². The van der Waals surface area contributed by atoms with E-state index in [1.807, 2.05) is 4.90 Å². The summed E-state index contributed by atoms with van der Waals surface area (Å²) in [4.78, 5) is 22.5. The van der Waals surface area contributed by atoms with E-state index >= 15 is 0 Å². The summed E-state index contributed by atoms with van der Waals surface area (Å²) in [5.74, 6) is -0.349. The van der Waals surface area contributed by atoms with E-state index in [0.717, 1.165) is 25.1 Å². The van der Waals surface area contributed by atoms with Gasteiger partial charge < -0.3 is 9.80 Å². The highest BCUT2D eigenvalue weighted by Crippen LogP contribution is 2.54. The molecule has 0 spiro atoms. The van der Waals surface area contributed by atoms with Gasteiger partial charge in [0.2, 0.25) is 0 Å². The summed E-state index contributed by atoms with van der Waals surface area (Å²) in [6, 6.07) is 6.11. The Hall–Kier alpha value is -3.50. The molecule has 0 N–H and O–H groups in total. The van der Waals surface area contributed by atoms with Crippen LogP contribution < -0.4 is 4.90 Å². The molecule has 1 aromatic carbocycles. The number of benzene rings is 1. The second-order valence-electron chi connectivity index (χ2n) is 8.20. The first-order valence-electron chi connectivity index (χ1n) is 10.1. The lowest BCUT2D eigenvalue weighted by Gasteiger charge is -2.28. The number of halogens is 4. The van der Waals surface area contributed by atoms with Crippen molar-refractivity contribution in [3.63, 3.8) is 0 Å². The molecule has 2 aromatic heterocycles. The fraction of sp³-hybridized carbons (Fsp3) is 0.333. The molecule has 3 saturated heterocycles. The first-order chi connectivity index (χ1) is 15.3. The van der Waals surface area contributed by atoms with E-state index in [4.69, 9.17) is 0 Å². The van der Waals surface area contributed by atoms with Gasteiger partial charge >= 0.3 is 6.18 Å². The Balaban J connectivity index is 1.27. The van der Waals surface area contributed by atoms with E-state index in [1.165, 1.54) is 41.5 Å². The van der Waals surface area contributed by atoms with Crippen molar-refractivity contribution in [1.82, 2.24) is 24.9 Å². The minimum Gasteiger partial charge on any atom is -0.342 e. The largest absolute Gasteiger partial charge is 0.417 e. The second-order valence-corrected chi connectivity index (χ2v) is 8.20. The molecule has 164 valence electrons. The lowest BCUT2D eigenvalue weighted by atomic mass is 10.0. The SMILES string of the molecule is O=C(c1cc(F)ccc1-n1nccn1)N1C2CCC1C1C2N1c1ccc(C(F)(F)F)cn1. The average Bonchev–Trinajstić information content (AvgIpc) is 3.11. The lowest BCUT2D eigenvalue weighted by Crippen LogP contribution is -2.43. The maximum atomic E-state index is 14.0. The molecule has 4 atom stereocenters. The van der Waals surface area contributed by atoms with Crippen molar-refractivity contribution in [2.75, 3.05) is 4.90 Å². The van der Waals surface area contributed by atoms with Gasteiger partial charge in [0.25, 0.3) is 5.91 Å². The predicted octanol–water partition coefficient (Wildman–Crippen LogP) is 3.06. The molecule has 3 fully saturated rings. The first kappa shape index (κ1) is 19.2. The summed E-state index contributed by atoms with van der Waals surface area (Å²) in [6.07, 6.45) is 0.903. The Morgan fingerprint density at radius 2 is 1.69 bits per heavy atom. The molecule has 2 bridgehead atoms. The molecule has 6 rings (SSSR count). The van der Waals surface area contributed by atoms with Crippen LogP contribution in [0.1, 0.15) is 28.8 Å². The maximum absolute atomic E-state index is 14.0. The molecule has 3 aliphatic heterocycles. The first-order valence-corrected chi connectivity index (χ1v) is 10.1. The van der Waals surface area contributed by atoms with E-state index < -0.39 is 17.6 Å². The molecule has 7 nitrogen and oxygen atoms in total. The van der Waals surface area contributed by atoms with E-state index in [2.05, 4.69) is 15.2 Å². The van der Waals surface area contributed by atoms with Crippen LogP contribution in [0, 0.1) is 5.82 Å². The lowest BCUT2D eigenvalue weighted by molar-refractivity contribution is -0.137. The topological polar surface area (TPSA) is 66.9 Å². The number of carbonyl (C=O) groups is 1. The normalized spacial score (nSPS) is 25.9. The number of pyridine rings is 1. The molecule has 0 aliphatic carbocycles. The van der Waals surface area contributed by atoms with Crippen LogP contribution in [0.3, 0.4) is 0 Å². The van der Waals surface area contributed by atoms with Gasteiger partial charge in [0.05, 0.1) is 53.4 Å². The Labute approximate surface area is 179 Å². The molecule has 3 aromatic rings. The van der Waals surface area contributed by atoms with E-state index in [1.54, 1.807) is 4.90 Å². The van der Waals surface area contributed by atoms with Gasteiger partial charge in [-0.15, -0.1) is 0 Å². The van der Waals surface area contributed by atoms with Crippen molar-refractivity contribution in [3.05, 3.63) is 65.9 Å². The third kappa shape index (κ3) is 2.73. The van der Waals surface area contributed by atoms with Crippen molar-refractivity contribution in [1.29, 1.82) is 0 Å². The fourth-order valence-corrected chi connectivity index (χ4v) is 5.28. The van der Waals surface area contributed by atoms with Gasteiger partial charge in [-0.3, -0.25) is 4.79 Å². The third-order valence-electron chi connectivity index (χ3n) is 6.56. The highest BCUT2D eigenvalue weighted by Gasteiger charge is 2.69. The van der Waals surface area contributed by atoms with Crippen molar-refractivity contribution in [2.24, 2.45) is 0 Å². The minimum atomic E-state index is -4.44. The van der Waals surface area contributed by atoms with Crippen LogP contribution in [0.15, 0.2) is 48.9 Å². The zero-order chi connectivity index (χ0) is 22.2. The molecule has 4 unspecified atom stereocenters. The Kier molecular flexibility index (Phi) is 3.90. The molecule has 32 heavy (non-hydrogen) atoms. The van der Waals surface area contributed by atoms with Gasteiger partial charge in [-0.25, -0.2) is 9.37 Å². The number of alkyl halides is 3. The molecular formula is C21H16F4N6O. The number of anilines is 1. The fourth-order valence-electron chi connectivity index (χ4n) is 5.28. The van der Waals surface area contributed by atoms with Crippen molar-refractivity contribution in [3.8, 4) is 5.69 Å². The monoisotopic (exact) mass is 444 g/mol. The minimum absolute atomic E-state index is 0.00164. The number of amides is 1. The number of hydrogen-bond acceptors (Lipinski definition) is 5. The zero-order valence-corrected chi connectivity index (χ0v) is 16.4. The Bertz CT molecular complexity index is 1180. The smallest absolute Gasteiger partial charge is 0.342 e. The van der Waals surface area contributed by atoms with Crippen LogP contribution >= 0.6 is 0 Å². The maximum Gasteiger partial charge on any atom is 0.417 e. The van der Waals surface area contributed by atoms with Crippen LogP contribution in [0.5, 0.6) is 0 Å². The van der Waals surface area contributed by atoms with Crippen LogP contribution in [0.2, 0.25) is 0 Å². The van der Waals surface area contributed by atoms with Gasteiger partial charge in [-0.1, -0.05) is 0 Å². The van der Waals surface area contributed by atoms with Gasteiger partial charge in [0.1, 0.15) is 11.6 Å². The van der Waals surface area contributed by atoms with Crippen molar-refractivity contribution >= 4 is 11.7 Å². The number of carbonyl (C=O) groups excluding carboxylic acids is 1. The number of piperazine rings is 1. The standard InChI is InChI=1S/C21H16F4N6O/c22-12-2-3-14(31-27-7-8-28-31)13(9-12)20(32)29-15-4-5-16(29)19-18(15)30(19)17-6-1-11(10-26-17)21(23,24)25/h1-3,6-10,15-16,18-19H,4-5H2. The third-order valence-corrected chi connectivity index (χ3v) is 6.56. The predicted molar refractivity (Wildman–Crippen MR) is 104 cm³/mol. The summed E-state index contributed by atoms with van der Waals surface area (Å²) in [5, 5.41) is 8.11. The second kappa shape index (κ2) is 6.50. The van der Waals surface area contributed by atoms with E-state index in [0.29, 0.717) is 11.5 Å². The summed E-state index contributed by atoms with van der Waals surface area (Å²) in [6.45, 7) is 0. The molecule has 1 amide bonds. The number of aromatic nitrogens is 4. The highest BCUT2D eigenvalue weighted by molar-refractivity contribution is 5.99. The summed E-state index contributed by atoms with van der Waals surface area (Å²) >= 11 is 0. The molecule has 0 saturated carbocycles. The number of fused-ring (bicyclic) bond motifs is 5. The van der Waals surface area contributed by atoms with Crippen molar-refractivity contribution in [2.45, 2.75) is 43.2 Å². The van der Waals surface area contributed by atoms with Crippen LogP contribution in [-0.2, 0) is 6.18 Å².